The van der Waals surface area contributed by atoms with E-state index >= 15 is 0 Å². The first kappa shape index (κ1) is 24.7. The molecule has 2 aromatic heterocycles. The topological polar surface area (TPSA) is 69.9 Å². The van der Waals surface area contributed by atoms with Crippen LogP contribution in [0, 0.1) is 6.92 Å². The van der Waals surface area contributed by atoms with Crippen molar-refractivity contribution in [3.8, 4) is 0 Å². The smallest absolute Gasteiger partial charge is 0.419 e. The molecular weight excluding hydrogens is 436 g/mol. The molecule has 3 aromatic rings. The van der Waals surface area contributed by atoms with Gasteiger partial charge in [0.25, 0.3) is 0 Å². The number of ether oxygens (including phenoxy) is 2. The van der Waals surface area contributed by atoms with E-state index in [1.165, 1.54) is 11.3 Å². The van der Waals surface area contributed by atoms with E-state index in [0.717, 1.165) is 26.9 Å². The Kier molecular flexibility index (Phi) is 6.84. The lowest BCUT2D eigenvalue weighted by Crippen LogP contribution is -2.29. The van der Waals surface area contributed by atoms with Crippen molar-refractivity contribution in [1.82, 2.24) is 4.57 Å². The Morgan fingerprint density at radius 2 is 1.67 bits per heavy atom. The molecule has 6 nitrogen and oxygen atoms in total. The van der Waals surface area contributed by atoms with Gasteiger partial charge in [0.15, 0.2) is 0 Å². The van der Waals surface area contributed by atoms with Crippen molar-refractivity contribution in [3.63, 3.8) is 0 Å². The first-order valence-electron chi connectivity index (χ1n) is 10.9. The number of carbonyl (C=O) groups is 2. The Bertz CT molecular complexity index is 1220. The minimum Gasteiger partial charge on any atom is -0.460 e. The van der Waals surface area contributed by atoms with Crippen molar-refractivity contribution < 1.29 is 19.1 Å². The van der Waals surface area contributed by atoms with Gasteiger partial charge in [-0.25, -0.2) is 9.36 Å². The molecule has 0 N–H and O–H groups in total. The highest BCUT2D eigenvalue weighted by Crippen LogP contribution is 2.29. The summed E-state index contributed by atoms with van der Waals surface area (Å²) in [6.45, 7) is 13.1. The van der Waals surface area contributed by atoms with E-state index in [9.17, 15) is 9.59 Å². The number of nitrogens with zero attached hydrogens (tertiary/aromatic N) is 2. The lowest BCUT2D eigenvalue weighted by molar-refractivity contribution is -0.153. The summed E-state index contributed by atoms with van der Waals surface area (Å²) in [4.78, 5) is 31.1. The molecule has 0 saturated heterocycles. The van der Waals surface area contributed by atoms with E-state index < -0.39 is 17.3 Å². The number of hydrogen-bond donors (Lipinski definition) is 0. The number of esters is 1. The average molecular weight is 469 g/mol. The molecule has 0 bridgehead atoms. The summed E-state index contributed by atoms with van der Waals surface area (Å²) in [7, 11) is 1.69. The number of rotatable bonds is 4. The third kappa shape index (κ3) is 5.90. The summed E-state index contributed by atoms with van der Waals surface area (Å²) in [6.07, 6.45) is -0.344. The van der Waals surface area contributed by atoms with Crippen LogP contribution in [-0.2, 0) is 20.7 Å². The fourth-order valence-corrected chi connectivity index (χ4v) is 4.53. The van der Waals surface area contributed by atoms with Gasteiger partial charge in [-0.1, -0.05) is 11.6 Å². The zero-order valence-electron chi connectivity index (χ0n) is 20.6. The highest BCUT2D eigenvalue weighted by molar-refractivity contribution is 7.12. The van der Waals surface area contributed by atoms with Crippen LogP contribution in [0.2, 0.25) is 0 Å². The molecule has 33 heavy (non-hydrogen) atoms. The highest BCUT2D eigenvalue weighted by atomic mass is 32.1. The van der Waals surface area contributed by atoms with E-state index in [4.69, 9.17) is 9.47 Å². The first-order chi connectivity index (χ1) is 15.3. The second kappa shape index (κ2) is 9.14. The summed E-state index contributed by atoms with van der Waals surface area (Å²) < 4.78 is 12.8. The van der Waals surface area contributed by atoms with Crippen LogP contribution >= 0.6 is 11.3 Å². The van der Waals surface area contributed by atoms with Crippen LogP contribution in [0.25, 0.3) is 10.9 Å². The molecule has 0 fully saturated rings. The molecule has 7 heteroatoms. The van der Waals surface area contributed by atoms with Crippen LogP contribution in [0.3, 0.4) is 0 Å². The molecule has 0 spiro atoms. The average Bonchev–Trinajstić information content (AvgIpc) is 3.24. The van der Waals surface area contributed by atoms with Gasteiger partial charge in [-0.05, 0) is 83.7 Å². The van der Waals surface area contributed by atoms with Crippen LogP contribution in [-0.4, -0.2) is 40.6 Å². The Morgan fingerprint density at radius 1 is 1.00 bits per heavy atom. The summed E-state index contributed by atoms with van der Waals surface area (Å²) in [5.41, 5.74) is 2.69. The molecule has 0 aliphatic carbocycles. The third-order valence-electron chi connectivity index (χ3n) is 4.72. The molecule has 0 aliphatic heterocycles. The quantitative estimate of drug-likeness (QED) is 0.340. The van der Waals surface area contributed by atoms with Gasteiger partial charge in [0, 0.05) is 12.4 Å². The molecule has 3 rings (SSSR count). The van der Waals surface area contributed by atoms with E-state index in [1.807, 2.05) is 84.2 Å². The van der Waals surface area contributed by atoms with Gasteiger partial charge in [-0.15, -0.1) is 11.3 Å². The predicted molar refractivity (Wildman–Crippen MR) is 134 cm³/mol. The fourth-order valence-electron chi connectivity index (χ4n) is 3.56. The highest BCUT2D eigenvalue weighted by Gasteiger charge is 2.27. The number of fused-ring (bicyclic) bond motifs is 1. The first-order valence-corrected chi connectivity index (χ1v) is 11.8. The van der Waals surface area contributed by atoms with Crippen molar-refractivity contribution in [2.45, 2.75) is 66.1 Å². The van der Waals surface area contributed by atoms with Gasteiger partial charge in [0.05, 0.1) is 28.2 Å². The van der Waals surface area contributed by atoms with Crippen molar-refractivity contribution in [3.05, 3.63) is 57.4 Å². The fraction of sp³-hybridized carbons (Fsp3) is 0.423. The molecule has 2 heterocycles. The number of aryl methyl sites for hydroxylation is 1. The molecule has 0 atom stereocenters. The van der Waals surface area contributed by atoms with Gasteiger partial charge >= 0.3 is 12.1 Å². The van der Waals surface area contributed by atoms with Crippen LogP contribution in [0.15, 0.2) is 40.7 Å². The second-order valence-corrected chi connectivity index (χ2v) is 10.9. The van der Waals surface area contributed by atoms with Gasteiger partial charge in [0.1, 0.15) is 11.2 Å². The Labute approximate surface area is 199 Å². The standard InChI is InChI=1S/C26H32N2O4S/c1-16-9-10-19-18(13-16)14-20(28(19)24(30)32-26(5,6)7)22(27-8)23-17(11-12-33-23)15-21(29)31-25(2,3)4/h9-14H,15H2,1-8H3. The zero-order valence-corrected chi connectivity index (χ0v) is 21.4. The second-order valence-electron chi connectivity index (χ2n) is 10.0. The van der Waals surface area contributed by atoms with Crippen LogP contribution in [0.4, 0.5) is 4.79 Å². The molecule has 176 valence electrons. The van der Waals surface area contributed by atoms with Gasteiger partial charge in [-0.2, -0.15) is 0 Å². The SMILES string of the molecule is CN=C(c1sccc1CC(=O)OC(C)(C)C)c1cc2cc(C)ccc2n1C(=O)OC(C)(C)C. The number of thiophene rings is 1. The summed E-state index contributed by atoms with van der Waals surface area (Å²) in [5, 5.41) is 2.84. The number of hydrogen-bond acceptors (Lipinski definition) is 6. The molecular formula is C26H32N2O4S. The summed E-state index contributed by atoms with van der Waals surface area (Å²) >= 11 is 1.48. The number of aromatic nitrogens is 1. The lowest BCUT2D eigenvalue weighted by Gasteiger charge is -2.21. The van der Waals surface area contributed by atoms with Gasteiger partial charge < -0.3 is 9.47 Å². The van der Waals surface area contributed by atoms with Gasteiger partial charge in [0.2, 0.25) is 0 Å². The van der Waals surface area contributed by atoms with Crippen LogP contribution < -0.4 is 0 Å². The minimum atomic E-state index is -0.649. The van der Waals surface area contributed by atoms with E-state index in [1.54, 1.807) is 11.6 Å². The van der Waals surface area contributed by atoms with Crippen molar-refractivity contribution in [1.29, 1.82) is 0 Å². The van der Waals surface area contributed by atoms with Crippen molar-refractivity contribution in [2.75, 3.05) is 7.05 Å². The van der Waals surface area contributed by atoms with Crippen LogP contribution in [0.1, 0.15) is 63.2 Å². The summed E-state index contributed by atoms with van der Waals surface area (Å²) in [6, 6.07) is 9.77. The Morgan fingerprint density at radius 3 is 2.27 bits per heavy atom. The number of carbonyl (C=O) groups excluding carboxylic acids is 2. The predicted octanol–water partition coefficient (Wildman–Crippen LogP) is 6.15. The molecule has 0 unspecified atom stereocenters. The molecule has 0 saturated carbocycles. The monoisotopic (exact) mass is 468 g/mol. The summed E-state index contributed by atoms with van der Waals surface area (Å²) in [5.74, 6) is -0.305. The minimum absolute atomic E-state index is 0.126. The largest absolute Gasteiger partial charge is 0.460 e. The Balaban J connectivity index is 2.11. The number of benzene rings is 1. The molecule has 0 amide bonds. The maximum absolute atomic E-state index is 13.3. The van der Waals surface area contributed by atoms with Crippen molar-refractivity contribution in [2.24, 2.45) is 4.99 Å². The Hall–Kier alpha value is -2.93. The van der Waals surface area contributed by atoms with Gasteiger partial charge in [-0.3, -0.25) is 9.79 Å². The molecule has 0 radical (unpaired) electrons. The third-order valence-corrected chi connectivity index (χ3v) is 5.68. The molecule has 1 aromatic carbocycles. The van der Waals surface area contributed by atoms with Crippen molar-refractivity contribution >= 4 is 40.0 Å². The maximum Gasteiger partial charge on any atom is 0.419 e. The van der Waals surface area contributed by atoms with E-state index in [2.05, 4.69) is 4.99 Å². The zero-order chi connectivity index (χ0) is 24.6. The van der Waals surface area contributed by atoms with E-state index in [0.29, 0.717) is 11.4 Å². The maximum atomic E-state index is 13.3. The normalized spacial score (nSPS) is 12.8. The lowest BCUT2D eigenvalue weighted by atomic mass is 10.1. The molecule has 0 aliphatic rings. The van der Waals surface area contributed by atoms with E-state index in [-0.39, 0.29) is 12.4 Å². The van der Waals surface area contributed by atoms with Crippen LogP contribution in [0.5, 0.6) is 0 Å². The number of aliphatic imine (C=N–C) groups is 1.